The largest absolute Gasteiger partial charge is 0.444 e. The standard InChI is InChI=1S/C17H26N2O3/c1-17(2,3)22-16(21)19-11-9-18(10-12-19)15(13-20)14-7-5-4-6-8-14/h4-8,15,20H,9-13H2,1-3H3/t15-/m1/s1. The number of carbonyl (C=O) groups is 1. The Morgan fingerprint density at radius 3 is 2.27 bits per heavy atom. The number of benzene rings is 1. The molecule has 0 radical (unpaired) electrons. The number of piperazine rings is 1. The lowest BCUT2D eigenvalue weighted by Crippen LogP contribution is -2.51. The van der Waals surface area contributed by atoms with Crippen molar-refractivity contribution in [2.75, 3.05) is 32.8 Å². The molecular weight excluding hydrogens is 280 g/mol. The number of carbonyl (C=O) groups excluding carboxylic acids is 1. The summed E-state index contributed by atoms with van der Waals surface area (Å²) in [5.41, 5.74) is 0.641. The number of ether oxygens (including phenoxy) is 1. The van der Waals surface area contributed by atoms with Crippen molar-refractivity contribution in [3.63, 3.8) is 0 Å². The van der Waals surface area contributed by atoms with Crippen molar-refractivity contribution in [2.24, 2.45) is 0 Å². The first-order chi connectivity index (χ1) is 10.4. The number of nitrogens with zero attached hydrogens (tertiary/aromatic N) is 2. The van der Waals surface area contributed by atoms with Crippen molar-refractivity contribution in [3.8, 4) is 0 Å². The summed E-state index contributed by atoms with van der Waals surface area (Å²) >= 11 is 0. The third-order valence-electron chi connectivity index (χ3n) is 3.76. The SMILES string of the molecule is CC(C)(C)OC(=O)N1CCN([C@H](CO)c2ccccc2)CC1. The summed E-state index contributed by atoms with van der Waals surface area (Å²) in [4.78, 5) is 16.0. The van der Waals surface area contributed by atoms with Gasteiger partial charge in [-0.05, 0) is 26.3 Å². The van der Waals surface area contributed by atoms with Crippen molar-refractivity contribution in [3.05, 3.63) is 35.9 Å². The summed E-state index contributed by atoms with van der Waals surface area (Å²) in [6.07, 6.45) is -0.257. The van der Waals surface area contributed by atoms with Gasteiger partial charge in [0.25, 0.3) is 0 Å². The summed E-state index contributed by atoms with van der Waals surface area (Å²) in [6, 6.07) is 9.98. The fraction of sp³-hybridized carbons (Fsp3) is 0.588. The molecule has 0 spiro atoms. The Bertz CT molecular complexity index is 476. The predicted octanol–water partition coefficient (Wildman–Crippen LogP) is 2.27. The number of hydrogen-bond acceptors (Lipinski definition) is 4. The molecule has 1 saturated heterocycles. The molecule has 0 saturated carbocycles. The van der Waals surface area contributed by atoms with Crippen LogP contribution in [-0.2, 0) is 4.74 Å². The maximum Gasteiger partial charge on any atom is 0.410 e. The second-order valence-electron chi connectivity index (χ2n) is 6.61. The zero-order chi connectivity index (χ0) is 16.2. The fourth-order valence-corrected chi connectivity index (χ4v) is 2.65. The van der Waals surface area contributed by atoms with Gasteiger partial charge in [0.05, 0.1) is 12.6 Å². The van der Waals surface area contributed by atoms with Gasteiger partial charge in [0.15, 0.2) is 0 Å². The topological polar surface area (TPSA) is 53.0 Å². The smallest absolute Gasteiger partial charge is 0.410 e. The van der Waals surface area contributed by atoms with E-state index in [0.717, 1.165) is 18.7 Å². The van der Waals surface area contributed by atoms with Crippen molar-refractivity contribution in [2.45, 2.75) is 32.4 Å². The Balaban J connectivity index is 1.92. The maximum atomic E-state index is 12.1. The van der Waals surface area contributed by atoms with Gasteiger partial charge >= 0.3 is 6.09 Å². The van der Waals surface area contributed by atoms with E-state index in [2.05, 4.69) is 4.90 Å². The monoisotopic (exact) mass is 306 g/mol. The van der Waals surface area contributed by atoms with Crippen LogP contribution in [0.15, 0.2) is 30.3 Å². The van der Waals surface area contributed by atoms with Crippen LogP contribution in [0.3, 0.4) is 0 Å². The van der Waals surface area contributed by atoms with E-state index in [1.54, 1.807) is 4.90 Å². The number of aliphatic hydroxyl groups excluding tert-OH is 1. The maximum absolute atomic E-state index is 12.1. The van der Waals surface area contributed by atoms with Crippen molar-refractivity contribution >= 4 is 6.09 Å². The van der Waals surface area contributed by atoms with E-state index in [-0.39, 0.29) is 18.7 Å². The van der Waals surface area contributed by atoms with Crippen LogP contribution >= 0.6 is 0 Å². The highest BCUT2D eigenvalue weighted by atomic mass is 16.6. The first-order valence-electron chi connectivity index (χ1n) is 7.78. The molecule has 1 atom stereocenters. The lowest BCUT2D eigenvalue weighted by atomic mass is 10.1. The Labute approximate surface area is 132 Å². The zero-order valence-electron chi connectivity index (χ0n) is 13.7. The summed E-state index contributed by atoms with van der Waals surface area (Å²) in [5, 5.41) is 9.71. The molecule has 0 aliphatic carbocycles. The van der Waals surface area contributed by atoms with Gasteiger partial charge < -0.3 is 14.7 Å². The lowest BCUT2D eigenvalue weighted by Gasteiger charge is -2.39. The first-order valence-corrected chi connectivity index (χ1v) is 7.78. The lowest BCUT2D eigenvalue weighted by molar-refractivity contribution is 0.00658. The van der Waals surface area contributed by atoms with E-state index >= 15 is 0 Å². The minimum absolute atomic E-state index is 0.0120. The molecule has 1 heterocycles. The van der Waals surface area contributed by atoms with Crippen molar-refractivity contribution in [1.29, 1.82) is 0 Å². The molecule has 1 aliphatic heterocycles. The number of aliphatic hydroxyl groups is 1. The predicted molar refractivity (Wildman–Crippen MR) is 85.6 cm³/mol. The van der Waals surface area contributed by atoms with Gasteiger partial charge in [-0.25, -0.2) is 4.79 Å². The van der Waals surface area contributed by atoms with E-state index in [0.29, 0.717) is 13.1 Å². The summed E-state index contributed by atoms with van der Waals surface area (Å²) in [7, 11) is 0. The average molecular weight is 306 g/mol. The van der Waals surface area contributed by atoms with E-state index in [1.807, 2.05) is 51.1 Å². The van der Waals surface area contributed by atoms with E-state index in [4.69, 9.17) is 4.74 Å². The molecule has 122 valence electrons. The van der Waals surface area contributed by atoms with Crippen LogP contribution in [0.5, 0.6) is 0 Å². The summed E-state index contributed by atoms with van der Waals surface area (Å²) in [5.74, 6) is 0. The highest BCUT2D eigenvalue weighted by Gasteiger charge is 2.29. The van der Waals surface area contributed by atoms with Crippen LogP contribution in [0.4, 0.5) is 4.79 Å². The summed E-state index contributed by atoms with van der Waals surface area (Å²) in [6.45, 7) is 8.42. The Kier molecular flexibility index (Phi) is 5.42. The molecule has 0 bridgehead atoms. The first kappa shape index (κ1) is 16.8. The van der Waals surface area contributed by atoms with Gasteiger partial charge in [-0.2, -0.15) is 0 Å². The number of hydrogen-bond donors (Lipinski definition) is 1. The highest BCUT2D eigenvalue weighted by Crippen LogP contribution is 2.22. The van der Waals surface area contributed by atoms with Gasteiger partial charge in [-0.15, -0.1) is 0 Å². The third kappa shape index (κ3) is 4.45. The van der Waals surface area contributed by atoms with Crippen LogP contribution in [0.25, 0.3) is 0 Å². The Hall–Kier alpha value is -1.59. The second-order valence-corrected chi connectivity index (χ2v) is 6.61. The van der Waals surface area contributed by atoms with Crippen molar-refractivity contribution < 1.29 is 14.6 Å². The third-order valence-corrected chi connectivity index (χ3v) is 3.76. The molecule has 5 heteroatoms. The zero-order valence-corrected chi connectivity index (χ0v) is 13.7. The average Bonchev–Trinajstić information content (AvgIpc) is 2.48. The van der Waals surface area contributed by atoms with Gasteiger partial charge in [0.1, 0.15) is 5.60 Å². The quantitative estimate of drug-likeness (QED) is 0.931. The molecule has 5 nitrogen and oxygen atoms in total. The molecule has 1 aromatic rings. The second kappa shape index (κ2) is 7.11. The Morgan fingerprint density at radius 1 is 1.18 bits per heavy atom. The van der Waals surface area contributed by atoms with Gasteiger partial charge in [-0.1, -0.05) is 30.3 Å². The minimum Gasteiger partial charge on any atom is -0.444 e. The van der Waals surface area contributed by atoms with Gasteiger partial charge in [0, 0.05) is 26.2 Å². The number of rotatable bonds is 3. The van der Waals surface area contributed by atoms with Gasteiger partial charge in [0.2, 0.25) is 0 Å². The Morgan fingerprint density at radius 2 is 1.77 bits per heavy atom. The normalized spacial score (nSPS) is 18.1. The molecule has 1 N–H and O–H groups in total. The molecule has 1 fully saturated rings. The molecule has 2 rings (SSSR count). The van der Waals surface area contributed by atoms with Crippen LogP contribution < -0.4 is 0 Å². The van der Waals surface area contributed by atoms with Crippen LogP contribution in [-0.4, -0.2) is 59.4 Å². The van der Waals surface area contributed by atoms with Crippen LogP contribution in [0.2, 0.25) is 0 Å². The van der Waals surface area contributed by atoms with E-state index < -0.39 is 5.60 Å². The molecule has 0 aromatic heterocycles. The molecule has 1 aliphatic rings. The molecule has 1 aromatic carbocycles. The van der Waals surface area contributed by atoms with Crippen LogP contribution in [0, 0.1) is 0 Å². The summed E-state index contributed by atoms with van der Waals surface area (Å²) < 4.78 is 5.40. The van der Waals surface area contributed by atoms with Crippen LogP contribution in [0.1, 0.15) is 32.4 Å². The van der Waals surface area contributed by atoms with E-state index in [9.17, 15) is 9.90 Å². The molecule has 1 amide bonds. The molecule has 22 heavy (non-hydrogen) atoms. The number of amides is 1. The highest BCUT2D eigenvalue weighted by molar-refractivity contribution is 5.68. The van der Waals surface area contributed by atoms with Crippen molar-refractivity contribution in [1.82, 2.24) is 9.80 Å². The van der Waals surface area contributed by atoms with E-state index in [1.165, 1.54) is 0 Å². The fourth-order valence-electron chi connectivity index (χ4n) is 2.65. The minimum atomic E-state index is -0.466. The molecular formula is C17H26N2O3. The van der Waals surface area contributed by atoms with Gasteiger partial charge in [-0.3, -0.25) is 4.90 Å². The molecule has 0 unspecified atom stereocenters.